The smallest absolute Gasteiger partial charge is 0.434 e. The van der Waals surface area contributed by atoms with E-state index in [0.29, 0.717) is 5.69 Å². The van der Waals surface area contributed by atoms with Crippen molar-refractivity contribution in [3.8, 4) is 0 Å². The normalized spacial score (nSPS) is 24.6. The van der Waals surface area contributed by atoms with E-state index in [1.54, 1.807) is 18.2 Å². The van der Waals surface area contributed by atoms with E-state index in [1.807, 2.05) is 13.0 Å². The van der Waals surface area contributed by atoms with Gasteiger partial charge in [-0.1, -0.05) is 12.1 Å². The number of carbonyl (C=O) groups is 2. The van der Waals surface area contributed by atoms with E-state index in [-0.39, 0.29) is 18.3 Å². The summed E-state index contributed by atoms with van der Waals surface area (Å²) in [6, 6.07) is 7.12. The maximum Gasteiger partial charge on any atom is 0.434 e. The molecule has 106 valence electrons. The molecule has 0 spiro atoms. The molecule has 1 aliphatic heterocycles. The Labute approximate surface area is 116 Å². The van der Waals surface area contributed by atoms with Crippen LogP contribution < -0.4 is 11.1 Å². The van der Waals surface area contributed by atoms with Gasteiger partial charge in [0.05, 0.1) is 12.0 Å². The predicted octanol–water partition coefficient (Wildman–Crippen LogP) is 0.970. The second kappa shape index (κ2) is 4.84. The maximum atomic E-state index is 12.0. The quantitative estimate of drug-likeness (QED) is 0.662. The lowest BCUT2D eigenvalue weighted by atomic mass is 9.86. The standard InChI is InChI=1S/C13H16N4O3/c1-13(8-4-3-5-9(14)6-8)7-10(18)17(2)11(16-13)15-12(19)20/h3-6H,7,14H2,1-2H3,(H,15,16)(H,19,20)/t13-/m0/s1. The van der Waals surface area contributed by atoms with Crippen molar-refractivity contribution in [2.75, 3.05) is 12.8 Å². The summed E-state index contributed by atoms with van der Waals surface area (Å²) in [6.07, 6.45) is -1.17. The molecule has 7 nitrogen and oxygen atoms in total. The number of guanidine groups is 1. The highest BCUT2D eigenvalue weighted by atomic mass is 16.4. The molecular formula is C13H16N4O3. The van der Waals surface area contributed by atoms with Crippen molar-refractivity contribution < 1.29 is 14.7 Å². The summed E-state index contributed by atoms with van der Waals surface area (Å²) in [4.78, 5) is 27.4. The molecule has 2 rings (SSSR count). The number of amides is 2. The van der Waals surface area contributed by atoms with E-state index in [1.165, 1.54) is 11.9 Å². The zero-order valence-corrected chi connectivity index (χ0v) is 11.3. The Morgan fingerprint density at radius 2 is 2.25 bits per heavy atom. The second-order valence-corrected chi connectivity index (χ2v) is 4.93. The lowest BCUT2D eigenvalue weighted by Crippen LogP contribution is -2.58. The average molecular weight is 276 g/mol. The van der Waals surface area contributed by atoms with Crippen LogP contribution in [-0.4, -0.2) is 35.0 Å². The van der Waals surface area contributed by atoms with Crippen LogP contribution in [0.1, 0.15) is 18.9 Å². The second-order valence-electron chi connectivity index (χ2n) is 4.93. The van der Waals surface area contributed by atoms with Gasteiger partial charge in [0, 0.05) is 12.7 Å². The highest BCUT2D eigenvalue weighted by Crippen LogP contribution is 2.29. The summed E-state index contributed by atoms with van der Waals surface area (Å²) < 4.78 is 0. The van der Waals surface area contributed by atoms with E-state index in [2.05, 4.69) is 10.3 Å². The number of nitrogens with zero attached hydrogens (tertiary/aromatic N) is 2. The summed E-state index contributed by atoms with van der Waals surface area (Å²) in [5.41, 5.74) is 6.39. The van der Waals surface area contributed by atoms with Crippen LogP contribution in [0.5, 0.6) is 0 Å². The molecule has 0 radical (unpaired) electrons. The van der Waals surface area contributed by atoms with Crippen LogP contribution in [0.15, 0.2) is 29.3 Å². The summed E-state index contributed by atoms with van der Waals surface area (Å²) in [6.45, 7) is 1.81. The Bertz CT molecular complexity index is 599. The van der Waals surface area contributed by atoms with Crippen molar-refractivity contribution in [2.24, 2.45) is 4.99 Å². The maximum absolute atomic E-state index is 12.0. The minimum atomic E-state index is -1.36. The van der Waals surface area contributed by atoms with Gasteiger partial charge in [0.2, 0.25) is 11.9 Å². The molecule has 1 heterocycles. The van der Waals surface area contributed by atoms with Gasteiger partial charge in [-0.2, -0.15) is 0 Å². The number of hydrogen-bond donors (Lipinski definition) is 3. The van der Waals surface area contributed by atoms with Gasteiger partial charge in [-0.25, -0.2) is 4.79 Å². The fourth-order valence-electron chi connectivity index (χ4n) is 2.16. The fourth-order valence-corrected chi connectivity index (χ4v) is 2.16. The van der Waals surface area contributed by atoms with Crippen LogP contribution in [0.4, 0.5) is 10.5 Å². The van der Waals surface area contributed by atoms with E-state index in [4.69, 9.17) is 10.8 Å². The number of hydrogen-bond acceptors (Lipinski definition) is 3. The third-order valence-electron chi connectivity index (χ3n) is 3.31. The van der Waals surface area contributed by atoms with Crippen LogP contribution in [0.2, 0.25) is 0 Å². The number of nitrogens with one attached hydrogen (secondary N) is 1. The number of nitrogen functional groups attached to an aromatic ring is 1. The summed E-state index contributed by atoms with van der Waals surface area (Å²) >= 11 is 0. The molecule has 1 fully saturated rings. The van der Waals surface area contributed by atoms with Crippen LogP contribution in [0.25, 0.3) is 0 Å². The molecule has 1 aromatic carbocycles. The highest BCUT2D eigenvalue weighted by molar-refractivity contribution is 6.03. The third kappa shape index (κ3) is 2.56. The van der Waals surface area contributed by atoms with Gasteiger partial charge in [0.25, 0.3) is 0 Å². The summed E-state index contributed by atoms with van der Waals surface area (Å²) in [5, 5.41) is 11.8. The summed E-state index contributed by atoms with van der Waals surface area (Å²) in [7, 11) is 1.48. The van der Waals surface area contributed by atoms with Gasteiger partial charge < -0.3 is 16.2 Å². The largest absolute Gasteiger partial charge is 0.463 e. The van der Waals surface area contributed by atoms with E-state index < -0.39 is 11.6 Å². The van der Waals surface area contributed by atoms with Crippen molar-refractivity contribution in [3.05, 3.63) is 29.8 Å². The fraction of sp³-hybridized carbons (Fsp3) is 0.308. The molecule has 1 aromatic rings. The van der Waals surface area contributed by atoms with Crippen molar-refractivity contribution in [2.45, 2.75) is 18.9 Å². The molecule has 2 amide bonds. The molecule has 0 unspecified atom stereocenters. The molecule has 0 aliphatic carbocycles. The van der Waals surface area contributed by atoms with Gasteiger partial charge in [0.15, 0.2) is 0 Å². The first-order chi connectivity index (χ1) is 9.32. The number of carboxylic acid groups (broad SMARTS) is 1. The first-order valence-corrected chi connectivity index (χ1v) is 6.04. The van der Waals surface area contributed by atoms with Gasteiger partial charge in [-0.15, -0.1) is 4.99 Å². The minimum Gasteiger partial charge on any atom is -0.463 e. The van der Waals surface area contributed by atoms with Crippen LogP contribution in [-0.2, 0) is 10.3 Å². The monoisotopic (exact) mass is 276 g/mol. The Balaban J connectivity index is 2.42. The predicted molar refractivity (Wildman–Crippen MR) is 74.2 cm³/mol. The van der Waals surface area contributed by atoms with E-state index in [9.17, 15) is 9.59 Å². The van der Waals surface area contributed by atoms with Crippen molar-refractivity contribution in [3.63, 3.8) is 0 Å². The third-order valence-corrected chi connectivity index (χ3v) is 3.31. The van der Waals surface area contributed by atoms with Crippen molar-refractivity contribution >= 4 is 23.6 Å². The Morgan fingerprint density at radius 3 is 2.85 bits per heavy atom. The molecule has 0 bridgehead atoms. The first-order valence-electron chi connectivity index (χ1n) is 6.04. The Hall–Kier alpha value is -2.57. The number of aliphatic imine (C=N–C) groups is 1. The van der Waals surface area contributed by atoms with Gasteiger partial charge in [-0.05, 0) is 24.6 Å². The van der Waals surface area contributed by atoms with E-state index >= 15 is 0 Å². The average Bonchev–Trinajstić information content (AvgIpc) is 2.35. The number of nitrogens with two attached hydrogens (primary N) is 1. The molecule has 20 heavy (non-hydrogen) atoms. The topological polar surface area (TPSA) is 108 Å². The highest BCUT2D eigenvalue weighted by Gasteiger charge is 2.38. The molecule has 0 aromatic heterocycles. The molecule has 1 aliphatic rings. The number of benzene rings is 1. The molecule has 1 atom stereocenters. The van der Waals surface area contributed by atoms with Crippen molar-refractivity contribution in [1.82, 2.24) is 10.2 Å². The lowest BCUT2D eigenvalue weighted by Gasteiger charge is -2.40. The Morgan fingerprint density at radius 1 is 1.55 bits per heavy atom. The molecule has 0 saturated carbocycles. The number of carbonyl (C=O) groups excluding carboxylic acids is 1. The number of anilines is 1. The van der Waals surface area contributed by atoms with Crippen molar-refractivity contribution in [1.29, 1.82) is 0 Å². The SMILES string of the molecule is CN1C(=O)C[C@@](C)(c2cccc(N)c2)N/C1=N\C(=O)O. The van der Waals surface area contributed by atoms with E-state index in [0.717, 1.165) is 5.56 Å². The minimum absolute atomic E-state index is 0.0127. The van der Waals surface area contributed by atoms with Gasteiger partial charge in [0.1, 0.15) is 0 Å². The van der Waals surface area contributed by atoms with Crippen LogP contribution in [0.3, 0.4) is 0 Å². The molecule has 7 heteroatoms. The van der Waals surface area contributed by atoms with Crippen LogP contribution in [0, 0.1) is 0 Å². The van der Waals surface area contributed by atoms with Gasteiger partial charge in [-0.3, -0.25) is 9.69 Å². The molecule has 4 N–H and O–H groups in total. The summed E-state index contributed by atoms with van der Waals surface area (Å²) in [5.74, 6) is -0.202. The number of rotatable bonds is 1. The van der Waals surface area contributed by atoms with Gasteiger partial charge >= 0.3 is 6.09 Å². The zero-order chi connectivity index (χ0) is 14.9. The molecule has 1 saturated heterocycles. The first kappa shape index (κ1) is 13.9. The zero-order valence-electron chi connectivity index (χ0n) is 11.3. The van der Waals surface area contributed by atoms with Crippen LogP contribution >= 0.6 is 0 Å². The Kier molecular flexibility index (Phi) is 3.35. The molecular weight excluding hydrogens is 260 g/mol. The lowest BCUT2D eigenvalue weighted by molar-refractivity contribution is -0.129.